The van der Waals surface area contributed by atoms with Crippen LogP contribution in [0.3, 0.4) is 0 Å². The summed E-state index contributed by atoms with van der Waals surface area (Å²) in [6.07, 6.45) is -6.49. The van der Waals surface area contributed by atoms with Crippen LogP contribution in [-0.2, 0) is 28.3 Å². The van der Waals surface area contributed by atoms with Crippen LogP contribution in [0.2, 0.25) is 0 Å². The summed E-state index contributed by atoms with van der Waals surface area (Å²) in [5.41, 5.74) is 1.84. The molecule has 0 bridgehead atoms. The fourth-order valence-corrected chi connectivity index (χ4v) is 3.97. The van der Waals surface area contributed by atoms with Crippen LogP contribution in [0.4, 0.5) is 26.3 Å². The van der Waals surface area contributed by atoms with Gasteiger partial charge in [-0.3, -0.25) is 4.79 Å². The van der Waals surface area contributed by atoms with Crippen molar-refractivity contribution < 1.29 is 35.9 Å². The summed E-state index contributed by atoms with van der Waals surface area (Å²) in [6, 6.07) is 14.6. The van der Waals surface area contributed by atoms with E-state index in [2.05, 4.69) is 0 Å². The third-order valence-corrected chi connectivity index (χ3v) is 5.87. The van der Waals surface area contributed by atoms with E-state index in [-0.39, 0.29) is 18.9 Å². The predicted molar refractivity (Wildman–Crippen MR) is 135 cm³/mol. The molecule has 0 heterocycles. The highest BCUT2D eigenvalue weighted by molar-refractivity contribution is 5.89. The second-order valence-corrected chi connectivity index (χ2v) is 9.26. The molecule has 0 aliphatic carbocycles. The molecule has 0 aliphatic heterocycles. The molecule has 3 rings (SSSR count). The van der Waals surface area contributed by atoms with E-state index >= 15 is 0 Å². The fraction of sp³-hybridized carbons (Fsp3) is 0.300. The molecule has 202 valence electrons. The van der Waals surface area contributed by atoms with Gasteiger partial charge in [0.15, 0.2) is 0 Å². The summed E-state index contributed by atoms with van der Waals surface area (Å²) in [6.45, 7) is 5.89. The number of hydrogen-bond acceptors (Lipinski definition) is 2. The summed E-state index contributed by atoms with van der Waals surface area (Å²) in [4.78, 5) is 12.1. The number of ether oxygens (including phenoxy) is 1. The monoisotopic (exact) mass is 534 g/mol. The molecular weight excluding hydrogens is 506 g/mol. The van der Waals surface area contributed by atoms with Gasteiger partial charge in [-0.05, 0) is 83.0 Å². The van der Waals surface area contributed by atoms with Crippen molar-refractivity contribution in [1.82, 2.24) is 0 Å². The van der Waals surface area contributed by atoms with Crippen molar-refractivity contribution in [2.45, 2.75) is 46.0 Å². The third kappa shape index (κ3) is 7.49. The predicted octanol–water partition coefficient (Wildman–Crippen LogP) is 8.97. The second kappa shape index (κ2) is 11.9. The van der Waals surface area contributed by atoms with E-state index in [9.17, 15) is 31.1 Å². The number of carbonyl (C=O) groups excluding carboxylic acids is 1. The summed E-state index contributed by atoms with van der Waals surface area (Å²) < 4.78 is 84.1. The lowest BCUT2D eigenvalue weighted by Gasteiger charge is -2.18. The van der Waals surface area contributed by atoms with Crippen LogP contribution in [0.25, 0.3) is 16.7 Å². The minimum atomic E-state index is -4.50. The van der Waals surface area contributed by atoms with E-state index < -0.39 is 29.4 Å². The Balaban J connectivity index is 2.19. The molecule has 0 saturated carbocycles. The van der Waals surface area contributed by atoms with Gasteiger partial charge in [-0.15, -0.1) is 0 Å². The number of rotatable bonds is 8. The highest BCUT2D eigenvalue weighted by Crippen LogP contribution is 2.38. The highest BCUT2D eigenvalue weighted by atomic mass is 19.4. The maximum Gasteiger partial charge on any atom is 0.416 e. The summed E-state index contributed by atoms with van der Waals surface area (Å²) >= 11 is 0. The molecule has 0 atom stereocenters. The van der Waals surface area contributed by atoms with Crippen molar-refractivity contribution in [2.24, 2.45) is 5.92 Å². The molecule has 3 aromatic rings. The number of carbonyl (C=O) groups is 1. The Labute approximate surface area is 218 Å². The number of esters is 1. The average Bonchev–Trinajstić information content (AvgIpc) is 2.84. The van der Waals surface area contributed by atoms with E-state index in [1.54, 1.807) is 25.1 Å². The quantitative estimate of drug-likeness (QED) is 0.213. The van der Waals surface area contributed by atoms with Crippen molar-refractivity contribution >= 4 is 11.5 Å². The van der Waals surface area contributed by atoms with Crippen LogP contribution in [0.5, 0.6) is 0 Å². The third-order valence-electron chi connectivity index (χ3n) is 5.87. The molecule has 0 amide bonds. The normalized spacial score (nSPS) is 12.6. The molecule has 0 saturated heterocycles. The van der Waals surface area contributed by atoms with Crippen LogP contribution in [0, 0.1) is 5.92 Å². The maximum absolute atomic E-state index is 13.2. The molecule has 0 spiro atoms. The number of alkyl halides is 6. The average molecular weight is 535 g/mol. The van der Waals surface area contributed by atoms with Gasteiger partial charge in [0.05, 0.1) is 24.2 Å². The largest absolute Gasteiger partial charge is 0.466 e. The van der Waals surface area contributed by atoms with Gasteiger partial charge in [-0.2, -0.15) is 26.3 Å². The standard InChI is InChI=1S/C30H28F6O2/c1-4-38-28(37)18-20-6-16-26(27(17-20)22-9-13-24(14-10-22)30(34,35)36)25(15-5-19(2)3)21-7-11-23(12-8-21)29(31,32)33/h6-17,19H,4-5,18H2,1-3H3. The fourth-order valence-electron chi connectivity index (χ4n) is 3.97. The maximum atomic E-state index is 13.2. The van der Waals surface area contributed by atoms with Crippen molar-refractivity contribution in [3.05, 3.63) is 101 Å². The number of hydrogen-bond donors (Lipinski definition) is 0. The van der Waals surface area contributed by atoms with Gasteiger partial charge in [0.25, 0.3) is 0 Å². The van der Waals surface area contributed by atoms with Crippen LogP contribution in [-0.4, -0.2) is 12.6 Å². The van der Waals surface area contributed by atoms with E-state index in [0.717, 1.165) is 24.3 Å². The molecule has 0 aromatic heterocycles. The molecule has 0 unspecified atom stereocenters. The Hall–Kier alpha value is -3.55. The van der Waals surface area contributed by atoms with Gasteiger partial charge in [0.1, 0.15) is 0 Å². The molecular formula is C30H28F6O2. The Morgan fingerprint density at radius 3 is 1.89 bits per heavy atom. The number of halogens is 6. The van der Waals surface area contributed by atoms with Crippen LogP contribution >= 0.6 is 0 Å². The van der Waals surface area contributed by atoms with Gasteiger partial charge >= 0.3 is 18.3 Å². The van der Waals surface area contributed by atoms with Crippen LogP contribution in [0.15, 0.2) is 72.8 Å². The number of benzene rings is 3. The van der Waals surface area contributed by atoms with Crippen LogP contribution < -0.4 is 0 Å². The lowest BCUT2D eigenvalue weighted by atomic mass is 9.87. The molecule has 3 aromatic carbocycles. The molecule has 0 radical (unpaired) electrons. The minimum absolute atomic E-state index is 0.0346. The molecule has 0 N–H and O–H groups in total. The van der Waals surface area contributed by atoms with Gasteiger partial charge in [0, 0.05) is 0 Å². The zero-order valence-electron chi connectivity index (χ0n) is 21.2. The first-order valence-corrected chi connectivity index (χ1v) is 12.1. The van der Waals surface area contributed by atoms with E-state index in [0.29, 0.717) is 39.8 Å². The SMILES string of the molecule is CCOC(=O)Cc1ccc(C(=CCC(C)C)c2ccc(C(F)(F)F)cc2)c(-c2ccc(C(F)(F)F)cc2)c1. The van der Waals surface area contributed by atoms with E-state index in [1.165, 1.54) is 24.3 Å². The molecule has 0 fully saturated rings. The molecule has 2 nitrogen and oxygen atoms in total. The van der Waals surface area contributed by atoms with Gasteiger partial charge in [0.2, 0.25) is 0 Å². The first-order chi connectivity index (χ1) is 17.8. The van der Waals surface area contributed by atoms with Crippen molar-refractivity contribution in [3.8, 4) is 11.1 Å². The zero-order chi connectivity index (χ0) is 28.1. The summed E-state index contributed by atoms with van der Waals surface area (Å²) in [7, 11) is 0. The summed E-state index contributed by atoms with van der Waals surface area (Å²) in [5, 5.41) is 0. The first-order valence-electron chi connectivity index (χ1n) is 12.1. The molecule has 38 heavy (non-hydrogen) atoms. The molecule has 0 aliphatic rings. The minimum Gasteiger partial charge on any atom is -0.466 e. The highest BCUT2D eigenvalue weighted by Gasteiger charge is 2.31. The lowest BCUT2D eigenvalue weighted by Crippen LogP contribution is -2.08. The zero-order valence-corrected chi connectivity index (χ0v) is 21.2. The van der Waals surface area contributed by atoms with Gasteiger partial charge in [-0.1, -0.05) is 56.3 Å². The number of allylic oxidation sites excluding steroid dienone is 1. The van der Waals surface area contributed by atoms with Crippen molar-refractivity contribution in [1.29, 1.82) is 0 Å². The molecule has 8 heteroatoms. The Bertz CT molecular complexity index is 1270. The van der Waals surface area contributed by atoms with Gasteiger partial charge in [-0.25, -0.2) is 0 Å². The Morgan fingerprint density at radius 1 is 0.842 bits per heavy atom. The topological polar surface area (TPSA) is 26.3 Å². The summed E-state index contributed by atoms with van der Waals surface area (Å²) in [5.74, 6) is -0.200. The van der Waals surface area contributed by atoms with Crippen molar-refractivity contribution in [3.63, 3.8) is 0 Å². The van der Waals surface area contributed by atoms with Crippen molar-refractivity contribution in [2.75, 3.05) is 6.61 Å². The van der Waals surface area contributed by atoms with Gasteiger partial charge < -0.3 is 4.74 Å². The lowest BCUT2D eigenvalue weighted by molar-refractivity contribution is -0.142. The Kier molecular flexibility index (Phi) is 9.07. The van der Waals surface area contributed by atoms with Crippen LogP contribution in [0.1, 0.15) is 55.0 Å². The Morgan fingerprint density at radius 2 is 1.39 bits per heavy atom. The van der Waals surface area contributed by atoms with E-state index in [4.69, 9.17) is 4.74 Å². The smallest absolute Gasteiger partial charge is 0.416 e. The van der Waals surface area contributed by atoms with E-state index in [1.807, 2.05) is 19.9 Å². The second-order valence-electron chi connectivity index (χ2n) is 9.26. The first kappa shape index (κ1) is 29.0.